The Balaban J connectivity index is 1.58. The number of Topliss-reactive ketones (excluding diaryl/α,β-unsaturated/α-hetero) is 1. The van der Waals surface area contributed by atoms with Crippen LogP contribution in [0.3, 0.4) is 0 Å². The zero-order valence-electron chi connectivity index (χ0n) is 14.6. The largest absolute Gasteiger partial charge is 0.367 e. The van der Waals surface area contributed by atoms with Crippen LogP contribution in [-0.4, -0.2) is 43.0 Å². The average Bonchev–Trinajstić information content (AvgIpc) is 3.29. The number of rotatable bonds is 6. The summed E-state index contributed by atoms with van der Waals surface area (Å²) in [6, 6.07) is 5.67. The Morgan fingerprint density at radius 1 is 1.19 bits per heavy atom. The third-order valence-corrected chi connectivity index (χ3v) is 4.24. The van der Waals surface area contributed by atoms with Crippen LogP contribution in [0.1, 0.15) is 12.8 Å². The molecule has 4 rings (SSSR count). The lowest BCUT2D eigenvalue weighted by atomic mass is 10.0. The molecule has 1 N–H and O–H groups in total. The Kier molecular flexibility index (Phi) is 4.61. The third-order valence-electron chi connectivity index (χ3n) is 4.24. The van der Waals surface area contributed by atoms with Gasteiger partial charge in [0.25, 0.3) is 0 Å². The van der Waals surface area contributed by atoms with Gasteiger partial charge < -0.3 is 9.88 Å². The normalized spacial score (nSPS) is 15.8. The van der Waals surface area contributed by atoms with Crippen molar-refractivity contribution in [3.8, 4) is 0 Å². The molecule has 0 atom stereocenters. The van der Waals surface area contributed by atoms with Crippen LogP contribution in [0.2, 0.25) is 0 Å². The van der Waals surface area contributed by atoms with Crippen LogP contribution in [0.25, 0.3) is 5.52 Å². The summed E-state index contributed by atoms with van der Waals surface area (Å²) in [5.74, 6) is 0.137. The molecular formula is C19H18N6O2. The molecule has 136 valence electrons. The van der Waals surface area contributed by atoms with E-state index < -0.39 is 0 Å². The summed E-state index contributed by atoms with van der Waals surface area (Å²) in [6.45, 7) is 1.54. The SMILES string of the molecule is O=C1C=CC(=Nc2c(NCCCn3ccnc3)nn3ccccc23)C(=O)C1. The number of ketones is 2. The van der Waals surface area contributed by atoms with Gasteiger partial charge in [-0.05, 0) is 30.7 Å². The third kappa shape index (κ3) is 3.69. The number of pyridine rings is 1. The van der Waals surface area contributed by atoms with Gasteiger partial charge >= 0.3 is 0 Å². The summed E-state index contributed by atoms with van der Waals surface area (Å²) in [4.78, 5) is 32.0. The van der Waals surface area contributed by atoms with E-state index in [1.54, 1.807) is 17.0 Å². The molecule has 0 saturated heterocycles. The monoisotopic (exact) mass is 362 g/mol. The Morgan fingerprint density at radius 2 is 2.11 bits per heavy atom. The van der Waals surface area contributed by atoms with Gasteiger partial charge in [-0.1, -0.05) is 6.07 Å². The van der Waals surface area contributed by atoms with E-state index in [-0.39, 0.29) is 23.7 Å². The van der Waals surface area contributed by atoms with E-state index in [2.05, 4.69) is 20.4 Å². The highest BCUT2D eigenvalue weighted by Gasteiger charge is 2.20. The zero-order chi connectivity index (χ0) is 18.6. The summed E-state index contributed by atoms with van der Waals surface area (Å²) in [6.07, 6.45) is 10.9. The molecule has 3 heterocycles. The minimum atomic E-state index is -0.274. The number of aromatic nitrogens is 4. The molecule has 0 unspecified atom stereocenters. The quantitative estimate of drug-likeness (QED) is 0.536. The van der Waals surface area contributed by atoms with Crippen molar-refractivity contribution in [2.45, 2.75) is 19.4 Å². The first kappa shape index (κ1) is 16.9. The molecule has 0 spiro atoms. The van der Waals surface area contributed by atoms with E-state index in [0.717, 1.165) is 18.5 Å². The maximum atomic E-state index is 12.1. The molecule has 1 aliphatic carbocycles. The number of carbonyl (C=O) groups excluding carboxylic acids is 2. The van der Waals surface area contributed by atoms with Gasteiger partial charge in [0, 0.05) is 31.7 Å². The number of allylic oxidation sites excluding steroid dienone is 2. The number of imidazole rings is 1. The van der Waals surface area contributed by atoms with Crippen molar-refractivity contribution in [1.29, 1.82) is 0 Å². The Hall–Kier alpha value is -3.55. The number of hydrogen-bond donors (Lipinski definition) is 1. The van der Waals surface area contributed by atoms with Gasteiger partial charge in [0.2, 0.25) is 0 Å². The van der Waals surface area contributed by atoms with Crippen molar-refractivity contribution in [1.82, 2.24) is 19.2 Å². The first-order valence-electron chi connectivity index (χ1n) is 8.70. The summed E-state index contributed by atoms with van der Waals surface area (Å²) < 4.78 is 3.73. The van der Waals surface area contributed by atoms with Crippen LogP contribution >= 0.6 is 0 Å². The minimum absolute atomic E-state index is 0.137. The molecule has 8 heteroatoms. The van der Waals surface area contributed by atoms with Crippen molar-refractivity contribution in [2.24, 2.45) is 4.99 Å². The van der Waals surface area contributed by atoms with Crippen molar-refractivity contribution in [3.63, 3.8) is 0 Å². The summed E-state index contributed by atoms with van der Waals surface area (Å²) >= 11 is 0. The molecule has 3 aromatic heterocycles. The van der Waals surface area contributed by atoms with E-state index in [1.165, 1.54) is 12.2 Å². The second-order valence-corrected chi connectivity index (χ2v) is 6.21. The molecule has 3 aromatic rings. The lowest BCUT2D eigenvalue weighted by Gasteiger charge is -2.07. The molecule has 0 aliphatic heterocycles. The molecule has 0 aromatic carbocycles. The number of hydrogen-bond acceptors (Lipinski definition) is 6. The van der Waals surface area contributed by atoms with Gasteiger partial charge in [0.05, 0.1) is 18.3 Å². The lowest BCUT2D eigenvalue weighted by molar-refractivity contribution is -0.121. The van der Waals surface area contributed by atoms with Gasteiger partial charge in [-0.25, -0.2) is 14.5 Å². The van der Waals surface area contributed by atoms with Crippen molar-refractivity contribution in [2.75, 3.05) is 11.9 Å². The molecule has 0 radical (unpaired) electrons. The number of anilines is 1. The number of nitrogens with zero attached hydrogens (tertiary/aromatic N) is 5. The van der Waals surface area contributed by atoms with Crippen molar-refractivity contribution in [3.05, 3.63) is 55.3 Å². The molecule has 1 aliphatic rings. The minimum Gasteiger partial charge on any atom is -0.367 e. The van der Waals surface area contributed by atoms with Gasteiger partial charge in [-0.2, -0.15) is 0 Å². The van der Waals surface area contributed by atoms with Crippen LogP contribution in [-0.2, 0) is 16.1 Å². The maximum Gasteiger partial charge on any atom is 0.188 e. The highest BCUT2D eigenvalue weighted by atomic mass is 16.1. The van der Waals surface area contributed by atoms with Gasteiger partial charge in [0.1, 0.15) is 11.4 Å². The van der Waals surface area contributed by atoms with Crippen LogP contribution < -0.4 is 5.32 Å². The van der Waals surface area contributed by atoms with Crippen LogP contribution in [0.15, 0.2) is 60.3 Å². The first-order chi connectivity index (χ1) is 13.2. The van der Waals surface area contributed by atoms with Crippen LogP contribution in [0.5, 0.6) is 0 Å². The fraction of sp³-hybridized carbons (Fsp3) is 0.211. The number of nitrogens with one attached hydrogen (secondary N) is 1. The van der Waals surface area contributed by atoms with E-state index in [4.69, 9.17) is 0 Å². The summed E-state index contributed by atoms with van der Waals surface area (Å²) in [5.41, 5.74) is 1.66. The van der Waals surface area contributed by atoms with E-state index in [0.29, 0.717) is 18.1 Å². The highest BCUT2D eigenvalue weighted by Crippen LogP contribution is 2.30. The van der Waals surface area contributed by atoms with E-state index in [9.17, 15) is 9.59 Å². The second kappa shape index (κ2) is 7.36. The number of fused-ring (bicyclic) bond motifs is 1. The number of aryl methyl sites for hydroxylation is 1. The summed E-state index contributed by atoms with van der Waals surface area (Å²) in [7, 11) is 0. The zero-order valence-corrected chi connectivity index (χ0v) is 14.6. The molecule has 0 bridgehead atoms. The predicted octanol–water partition coefficient (Wildman–Crippen LogP) is 2.20. The number of carbonyl (C=O) groups is 2. The number of aliphatic imine (C=N–C) groups is 1. The molecular weight excluding hydrogens is 344 g/mol. The lowest BCUT2D eigenvalue weighted by Crippen LogP contribution is -2.19. The molecule has 27 heavy (non-hydrogen) atoms. The molecule has 0 fully saturated rings. The van der Waals surface area contributed by atoms with Gasteiger partial charge in [0.15, 0.2) is 17.4 Å². The van der Waals surface area contributed by atoms with Crippen molar-refractivity contribution >= 4 is 34.3 Å². The molecule has 0 saturated carbocycles. The first-order valence-corrected chi connectivity index (χ1v) is 8.70. The van der Waals surface area contributed by atoms with Crippen LogP contribution in [0.4, 0.5) is 11.5 Å². The topological polar surface area (TPSA) is 93.7 Å². The van der Waals surface area contributed by atoms with E-state index >= 15 is 0 Å². The maximum absolute atomic E-state index is 12.1. The second-order valence-electron chi connectivity index (χ2n) is 6.21. The standard InChI is InChI=1S/C19H18N6O2/c26-14-5-6-15(17(27)12-14)22-18-16-4-1-2-10-25(16)23-19(18)21-7-3-9-24-11-8-20-13-24/h1-2,4-6,8,10-11,13H,3,7,9,12H2,(H,21,23). The van der Waals surface area contributed by atoms with Crippen LogP contribution in [0, 0.1) is 0 Å². The molecule has 0 amide bonds. The fourth-order valence-electron chi connectivity index (χ4n) is 2.89. The predicted molar refractivity (Wildman–Crippen MR) is 101 cm³/mol. The van der Waals surface area contributed by atoms with Crippen molar-refractivity contribution < 1.29 is 9.59 Å². The smallest absolute Gasteiger partial charge is 0.188 e. The average molecular weight is 362 g/mol. The van der Waals surface area contributed by atoms with E-state index in [1.807, 2.05) is 35.2 Å². The van der Waals surface area contributed by atoms with Gasteiger partial charge in [-0.15, -0.1) is 5.10 Å². The summed E-state index contributed by atoms with van der Waals surface area (Å²) in [5, 5.41) is 7.83. The Morgan fingerprint density at radius 3 is 2.93 bits per heavy atom. The Labute approximate surface area is 155 Å². The molecule has 8 nitrogen and oxygen atoms in total. The highest BCUT2D eigenvalue weighted by molar-refractivity contribution is 6.50. The Bertz CT molecular complexity index is 1050. The fourth-order valence-corrected chi connectivity index (χ4v) is 2.89. The van der Waals surface area contributed by atoms with Gasteiger partial charge in [-0.3, -0.25) is 9.59 Å².